The van der Waals surface area contributed by atoms with E-state index in [1.807, 2.05) is 35.2 Å². The normalized spacial score (nSPS) is 14.6. The summed E-state index contributed by atoms with van der Waals surface area (Å²) < 4.78 is 10.7. The van der Waals surface area contributed by atoms with Gasteiger partial charge in [0.15, 0.2) is 0 Å². The predicted octanol–water partition coefficient (Wildman–Crippen LogP) is 2.80. The molecule has 1 aromatic carbocycles. The molecule has 0 atom stereocenters. The van der Waals surface area contributed by atoms with Gasteiger partial charge in [0.2, 0.25) is 17.8 Å². The molecule has 9 nitrogen and oxygen atoms in total. The second-order valence-corrected chi connectivity index (χ2v) is 7.00. The zero-order chi connectivity index (χ0) is 19.3. The van der Waals surface area contributed by atoms with Crippen LogP contribution in [0.15, 0.2) is 30.3 Å². The minimum atomic E-state index is -0.618. The summed E-state index contributed by atoms with van der Waals surface area (Å²) in [4.78, 5) is 27.2. The van der Waals surface area contributed by atoms with Crippen LogP contribution in [0.1, 0.15) is 20.8 Å². The lowest BCUT2D eigenvalue weighted by Gasteiger charge is -2.27. The molecule has 0 unspecified atom stereocenters. The fourth-order valence-corrected chi connectivity index (χ4v) is 2.43. The Bertz CT molecular complexity index is 772. The number of carbonyl (C=O) groups excluding carboxylic acids is 1. The summed E-state index contributed by atoms with van der Waals surface area (Å²) in [5, 5.41) is 5.72. The molecule has 1 saturated heterocycles. The van der Waals surface area contributed by atoms with Gasteiger partial charge in [-0.2, -0.15) is 15.0 Å². The first-order valence-corrected chi connectivity index (χ1v) is 8.80. The van der Waals surface area contributed by atoms with Crippen molar-refractivity contribution in [2.24, 2.45) is 0 Å². The Kier molecular flexibility index (Phi) is 5.70. The van der Waals surface area contributed by atoms with Crippen molar-refractivity contribution in [3.63, 3.8) is 0 Å². The maximum atomic E-state index is 12.1. The molecule has 1 amide bonds. The first kappa shape index (κ1) is 18.8. The Morgan fingerprint density at radius 3 is 2.41 bits per heavy atom. The van der Waals surface area contributed by atoms with Crippen LogP contribution in [0.2, 0.25) is 0 Å². The fourth-order valence-electron chi connectivity index (χ4n) is 2.43. The molecule has 2 heterocycles. The van der Waals surface area contributed by atoms with E-state index in [2.05, 4.69) is 25.6 Å². The van der Waals surface area contributed by atoms with Crippen LogP contribution in [-0.4, -0.2) is 52.9 Å². The number of benzene rings is 1. The van der Waals surface area contributed by atoms with Crippen LogP contribution in [0.5, 0.6) is 0 Å². The van der Waals surface area contributed by atoms with E-state index in [0.29, 0.717) is 38.2 Å². The fraction of sp³-hybridized carbons (Fsp3) is 0.444. The molecule has 3 rings (SSSR count). The van der Waals surface area contributed by atoms with Crippen LogP contribution in [0.3, 0.4) is 0 Å². The zero-order valence-corrected chi connectivity index (χ0v) is 15.7. The van der Waals surface area contributed by atoms with Crippen molar-refractivity contribution in [3.8, 4) is 0 Å². The van der Waals surface area contributed by atoms with E-state index in [9.17, 15) is 4.79 Å². The maximum Gasteiger partial charge on any atom is 0.414 e. The minimum Gasteiger partial charge on any atom is -0.444 e. The summed E-state index contributed by atoms with van der Waals surface area (Å²) in [5.41, 5.74) is 0.217. The molecule has 0 bridgehead atoms. The van der Waals surface area contributed by atoms with Crippen LogP contribution in [-0.2, 0) is 9.47 Å². The summed E-state index contributed by atoms with van der Waals surface area (Å²) in [5.74, 6) is 0.931. The Morgan fingerprint density at radius 1 is 1.07 bits per heavy atom. The Balaban J connectivity index is 1.84. The molecule has 9 heteroatoms. The number of rotatable bonds is 4. The van der Waals surface area contributed by atoms with Crippen molar-refractivity contribution >= 4 is 29.6 Å². The van der Waals surface area contributed by atoms with Crippen LogP contribution in [0.4, 0.5) is 28.3 Å². The zero-order valence-electron chi connectivity index (χ0n) is 15.7. The van der Waals surface area contributed by atoms with Gasteiger partial charge in [-0.3, -0.25) is 5.32 Å². The third-order valence-electron chi connectivity index (χ3n) is 3.56. The van der Waals surface area contributed by atoms with Gasteiger partial charge in [0.25, 0.3) is 0 Å². The number of anilines is 4. The number of nitrogens with zero attached hydrogens (tertiary/aromatic N) is 4. The number of hydrogen-bond acceptors (Lipinski definition) is 8. The summed E-state index contributed by atoms with van der Waals surface area (Å²) >= 11 is 0. The second kappa shape index (κ2) is 8.17. The van der Waals surface area contributed by atoms with Crippen molar-refractivity contribution in [1.82, 2.24) is 15.0 Å². The SMILES string of the molecule is CC(C)(C)OC(=O)Nc1nc(Nc2ccccc2)nc(N2CCOCC2)n1. The van der Waals surface area contributed by atoms with E-state index in [0.717, 1.165) is 5.69 Å². The Morgan fingerprint density at radius 2 is 1.74 bits per heavy atom. The smallest absolute Gasteiger partial charge is 0.414 e. The van der Waals surface area contributed by atoms with Crippen molar-refractivity contribution in [1.29, 1.82) is 0 Å². The van der Waals surface area contributed by atoms with Crippen molar-refractivity contribution in [2.75, 3.05) is 41.8 Å². The highest BCUT2D eigenvalue weighted by molar-refractivity contribution is 5.83. The first-order chi connectivity index (χ1) is 12.9. The molecule has 2 N–H and O–H groups in total. The Hall–Kier alpha value is -2.94. The second-order valence-electron chi connectivity index (χ2n) is 7.00. The molecular weight excluding hydrogens is 348 g/mol. The maximum absolute atomic E-state index is 12.1. The molecule has 1 aromatic heterocycles. The van der Waals surface area contributed by atoms with Gasteiger partial charge in [-0.25, -0.2) is 4.79 Å². The average molecular weight is 372 g/mol. The van der Waals surface area contributed by atoms with Gasteiger partial charge in [-0.15, -0.1) is 0 Å². The molecular formula is C18H24N6O3. The molecule has 0 spiro atoms. The topological polar surface area (TPSA) is 102 Å². The van der Waals surface area contributed by atoms with Gasteiger partial charge in [0.1, 0.15) is 5.60 Å². The molecule has 1 aliphatic heterocycles. The summed E-state index contributed by atoms with van der Waals surface area (Å²) in [6.07, 6.45) is -0.618. The third kappa shape index (κ3) is 5.78. The average Bonchev–Trinajstić information content (AvgIpc) is 2.61. The summed E-state index contributed by atoms with van der Waals surface area (Å²) in [7, 11) is 0. The van der Waals surface area contributed by atoms with Crippen molar-refractivity contribution in [2.45, 2.75) is 26.4 Å². The molecule has 0 saturated carbocycles. The van der Waals surface area contributed by atoms with Crippen molar-refractivity contribution in [3.05, 3.63) is 30.3 Å². The molecule has 2 aromatic rings. The monoisotopic (exact) mass is 372 g/mol. The molecule has 27 heavy (non-hydrogen) atoms. The van der Waals surface area contributed by atoms with Gasteiger partial charge in [0, 0.05) is 18.8 Å². The lowest BCUT2D eigenvalue weighted by Crippen LogP contribution is -2.37. The van der Waals surface area contributed by atoms with E-state index in [1.165, 1.54) is 0 Å². The highest BCUT2D eigenvalue weighted by atomic mass is 16.6. The highest BCUT2D eigenvalue weighted by Gasteiger charge is 2.20. The molecule has 1 aliphatic rings. The van der Waals surface area contributed by atoms with E-state index >= 15 is 0 Å². The minimum absolute atomic E-state index is 0.124. The molecule has 0 aliphatic carbocycles. The van der Waals surface area contributed by atoms with Crippen LogP contribution in [0, 0.1) is 0 Å². The van der Waals surface area contributed by atoms with Gasteiger partial charge < -0.3 is 19.7 Å². The summed E-state index contributed by atoms with van der Waals surface area (Å²) in [6.45, 7) is 7.91. The largest absolute Gasteiger partial charge is 0.444 e. The number of morpholine rings is 1. The van der Waals surface area contributed by atoms with Gasteiger partial charge in [-0.1, -0.05) is 18.2 Å². The number of nitrogens with one attached hydrogen (secondary N) is 2. The van der Waals surface area contributed by atoms with Gasteiger partial charge in [0.05, 0.1) is 13.2 Å². The number of carbonyl (C=O) groups is 1. The molecule has 1 fully saturated rings. The van der Waals surface area contributed by atoms with E-state index in [-0.39, 0.29) is 5.95 Å². The summed E-state index contributed by atoms with van der Waals surface area (Å²) in [6, 6.07) is 9.55. The first-order valence-electron chi connectivity index (χ1n) is 8.80. The van der Waals surface area contributed by atoms with E-state index < -0.39 is 11.7 Å². The van der Waals surface area contributed by atoms with Crippen LogP contribution >= 0.6 is 0 Å². The number of ether oxygens (including phenoxy) is 2. The molecule has 0 radical (unpaired) electrons. The highest BCUT2D eigenvalue weighted by Crippen LogP contribution is 2.19. The third-order valence-corrected chi connectivity index (χ3v) is 3.56. The number of hydrogen-bond donors (Lipinski definition) is 2. The predicted molar refractivity (Wildman–Crippen MR) is 102 cm³/mol. The molecule has 144 valence electrons. The van der Waals surface area contributed by atoms with E-state index in [4.69, 9.17) is 9.47 Å². The lowest BCUT2D eigenvalue weighted by molar-refractivity contribution is 0.0634. The van der Waals surface area contributed by atoms with Crippen molar-refractivity contribution < 1.29 is 14.3 Å². The standard InChI is InChI=1S/C18H24N6O3/c1-18(2,3)27-17(25)23-15-20-14(19-13-7-5-4-6-8-13)21-16(22-15)24-9-11-26-12-10-24/h4-8H,9-12H2,1-3H3,(H2,19,20,21,22,23,25). The van der Waals surface area contributed by atoms with Crippen LogP contribution in [0.25, 0.3) is 0 Å². The quantitative estimate of drug-likeness (QED) is 0.845. The van der Waals surface area contributed by atoms with Crippen LogP contribution < -0.4 is 15.5 Å². The number of amides is 1. The van der Waals surface area contributed by atoms with E-state index in [1.54, 1.807) is 20.8 Å². The number of aromatic nitrogens is 3. The lowest BCUT2D eigenvalue weighted by atomic mass is 10.2. The Labute approximate surface area is 158 Å². The number of para-hydroxylation sites is 1. The van der Waals surface area contributed by atoms with Gasteiger partial charge in [-0.05, 0) is 32.9 Å². The van der Waals surface area contributed by atoms with Gasteiger partial charge >= 0.3 is 6.09 Å².